The fraction of sp³-hybridized carbons (Fsp3) is 0.423. The quantitative estimate of drug-likeness (QED) is 0.310. The summed E-state index contributed by atoms with van der Waals surface area (Å²) < 4.78 is 6.58. The lowest BCUT2D eigenvalue weighted by molar-refractivity contribution is -0.126. The molecule has 0 fully saturated rings. The summed E-state index contributed by atoms with van der Waals surface area (Å²) in [5, 5.41) is 0.0571. The van der Waals surface area contributed by atoms with Gasteiger partial charge in [-0.05, 0) is 54.1 Å². The van der Waals surface area contributed by atoms with Crippen molar-refractivity contribution in [3.05, 3.63) is 83.9 Å². The van der Waals surface area contributed by atoms with E-state index in [0.717, 1.165) is 24.8 Å². The molecule has 0 radical (unpaired) electrons. The zero-order valence-electron chi connectivity index (χ0n) is 18.7. The summed E-state index contributed by atoms with van der Waals surface area (Å²) in [7, 11) is -2.07. The Hall–Kier alpha value is -1.97. The van der Waals surface area contributed by atoms with Crippen LogP contribution in [0.25, 0.3) is 0 Å². The average molecular weight is 409 g/mol. The van der Waals surface area contributed by atoms with Crippen LogP contribution in [0, 0.1) is 0 Å². The SMILES string of the molecule is C=CCCc1ccc(CCC(=O)C(O[Si](C)(C)C(C)(C)C)c2ccccc2)cc1. The van der Waals surface area contributed by atoms with Gasteiger partial charge in [-0.1, -0.05) is 81.4 Å². The number of hydrogen-bond donors (Lipinski definition) is 0. The Morgan fingerprint density at radius 2 is 1.55 bits per heavy atom. The predicted octanol–water partition coefficient (Wildman–Crippen LogP) is 7.07. The van der Waals surface area contributed by atoms with Gasteiger partial charge in [0.05, 0.1) is 0 Å². The highest BCUT2D eigenvalue weighted by Crippen LogP contribution is 2.40. The van der Waals surface area contributed by atoms with Crippen LogP contribution in [0.15, 0.2) is 67.3 Å². The molecule has 0 aliphatic heterocycles. The van der Waals surface area contributed by atoms with Crippen molar-refractivity contribution in [2.75, 3.05) is 0 Å². The molecule has 29 heavy (non-hydrogen) atoms. The van der Waals surface area contributed by atoms with Gasteiger partial charge in [0.2, 0.25) is 0 Å². The molecule has 0 heterocycles. The highest BCUT2D eigenvalue weighted by Gasteiger charge is 2.40. The van der Waals surface area contributed by atoms with Gasteiger partial charge < -0.3 is 4.43 Å². The molecule has 1 atom stereocenters. The van der Waals surface area contributed by atoms with Crippen molar-refractivity contribution < 1.29 is 9.22 Å². The van der Waals surface area contributed by atoms with E-state index in [9.17, 15) is 4.79 Å². The largest absolute Gasteiger partial charge is 0.403 e. The van der Waals surface area contributed by atoms with Gasteiger partial charge in [-0.2, -0.15) is 0 Å². The molecule has 0 amide bonds. The van der Waals surface area contributed by atoms with E-state index in [2.05, 4.69) is 64.7 Å². The number of hydrogen-bond acceptors (Lipinski definition) is 2. The first-order chi connectivity index (χ1) is 13.6. The molecule has 0 spiro atoms. The molecule has 2 nitrogen and oxygen atoms in total. The number of aryl methyl sites for hydroxylation is 2. The van der Waals surface area contributed by atoms with Crippen molar-refractivity contribution in [1.82, 2.24) is 0 Å². The Bertz CT molecular complexity index is 786. The maximum Gasteiger partial charge on any atom is 0.193 e. The van der Waals surface area contributed by atoms with Crippen LogP contribution >= 0.6 is 0 Å². The van der Waals surface area contributed by atoms with Crippen LogP contribution in [0.3, 0.4) is 0 Å². The Labute approximate surface area is 178 Å². The molecule has 2 aromatic rings. The molecular weight excluding hydrogens is 372 g/mol. The third-order valence-electron chi connectivity index (χ3n) is 5.93. The van der Waals surface area contributed by atoms with Gasteiger partial charge in [-0.15, -0.1) is 6.58 Å². The number of Topliss-reactive ketones (excluding diaryl/α,β-unsaturated/α-hetero) is 1. The maximum atomic E-state index is 13.2. The van der Waals surface area contributed by atoms with E-state index in [1.54, 1.807) is 0 Å². The highest BCUT2D eigenvalue weighted by molar-refractivity contribution is 6.74. The zero-order valence-corrected chi connectivity index (χ0v) is 19.7. The second-order valence-corrected chi connectivity index (χ2v) is 14.0. The first-order valence-corrected chi connectivity index (χ1v) is 13.5. The average Bonchev–Trinajstić information content (AvgIpc) is 2.69. The van der Waals surface area contributed by atoms with Crippen molar-refractivity contribution in [3.8, 4) is 0 Å². The number of benzene rings is 2. The van der Waals surface area contributed by atoms with E-state index in [4.69, 9.17) is 4.43 Å². The molecule has 0 aliphatic rings. The molecule has 2 rings (SSSR count). The molecule has 2 aromatic carbocycles. The van der Waals surface area contributed by atoms with Crippen LogP contribution in [-0.2, 0) is 22.1 Å². The number of carbonyl (C=O) groups is 1. The summed E-state index contributed by atoms with van der Waals surface area (Å²) in [6, 6.07) is 18.5. The second kappa shape index (κ2) is 10.2. The van der Waals surface area contributed by atoms with Gasteiger partial charge in [0.25, 0.3) is 0 Å². The molecule has 0 aliphatic carbocycles. The summed E-state index contributed by atoms with van der Waals surface area (Å²) in [4.78, 5) is 13.2. The Balaban J connectivity index is 2.10. The molecule has 0 N–H and O–H groups in total. The smallest absolute Gasteiger partial charge is 0.193 e. The number of rotatable bonds is 10. The van der Waals surface area contributed by atoms with E-state index in [0.29, 0.717) is 6.42 Å². The minimum atomic E-state index is -2.07. The minimum Gasteiger partial charge on any atom is -0.403 e. The summed E-state index contributed by atoms with van der Waals surface area (Å²) in [6.07, 6.45) is 4.69. The number of ketones is 1. The van der Waals surface area contributed by atoms with Gasteiger partial charge >= 0.3 is 0 Å². The Morgan fingerprint density at radius 1 is 1.00 bits per heavy atom. The van der Waals surface area contributed by atoms with E-state index in [1.165, 1.54) is 11.1 Å². The van der Waals surface area contributed by atoms with Gasteiger partial charge in [0, 0.05) is 6.42 Å². The van der Waals surface area contributed by atoms with Crippen molar-refractivity contribution in [2.45, 2.75) is 70.7 Å². The Kier molecular flexibility index (Phi) is 8.18. The third-order valence-corrected chi connectivity index (χ3v) is 10.4. The van der Waals surface area contributed by atoms with Crippen molar-refractivity contribution in [2.24, 2.45) is 0 Å². The fourth-order valence-corrected chi connectivity index (χ4v) is 4.17. The minimum absolute atomic E-state index is 0.0571. The normalized spacial score (nSPS) is 13.1. The van der Waals surface area contributed by atoms with Gasteiger partial charge in [0.15, 0.2) is 14.1 Å². The van der Waals surface area contributed by atoms with Crippen LogP contribution in [0.1, 0.15) is 56.4 Å². The van der Waals surface area contributed by atoms with Crippen molar-refractivity contribution in [1.29, 1.82) is 0 Å². The third kappa shape index (κ3) is 6.79. The van der Waals surface area contributed by atoms with Gasteiger partial charge in [-0.3, -0.25) is 4.79 Å². The topological polar surface area (TPSA) is 26.3 Å². The van der Waals surface area contributed by atoms with Gasteiger partial charge in [0.1, 0.15) is 6.10 Å². The summed E-state index contributed by atoms with van der Waals surface area (Å²) in [6.45, 7) is 14.8. The summed E-state index contributed by atoms with van der Waals surface area (Å²) >= 11 is 0. The molecule has 0 saturated heterocycles. The first kappa shape index (κ1) is 23.3. The summed E-state index contributed by atoms with van der Waals surface area (Å²) in [5.41, 5.74) is 3.46. The summed E-state index contributed by atoms with van der Waals surface area (Å²) in [5.74, 6) is 0.164. The van der Waals surface area contributed by atoms with Crippen LogP contribution in [0.4, 0.5) is 0 Å². The number of carbonyl (C=O) groups excluding carboxylic acids is 1. The monoisotopic (exact) mass is 408 g/mol. The molecule has 1 unspecified atom stereocenters. The predicted molar refractivity (Wildman–Crippen MR) is 126 cm³/mol. The van der Waals surface area contributed by atoms with Crippen LogP contribution in [0.2, 0.25) is 18.1 Å². The molecule has 0 aromatic heterocycles. The van der Waals surface area contributed by atoms with Crippen LogP contribution in [-0.4, -0.2) is 14.1 Å². The lowest BCUT2D eigenvalue weighted by atomic mass is 9.99. The molecule has 156 valence electrons. The van der Waals surface area contributed by atoms with Gasteiger partial charge in [-0.25, -0.2) is 0 Å². The lowest BCUT2D eigenvalue weighted by Gasteiger charge is -2.39. The Morgan fingerprint density at radius 3 is 2.07 bits per heavy atom. The molecular formula is C26H36O2Si. The zero-order chi connectivity index (χ0) is 21.5. The second-order valence-electron chi connectivity index (χ2n) is 9.28. The van der Waals surface area contributed by atoms with Crippen molar-refractivity contribution >= 4 is 14.1 Å². The first-order valence-electron chi connectivity index (χ1n) is 10.6. The van der Waals surface area contributed by atoms with E-state index in [-0.39, 0.29) is 10.8 Å². The van der Waals surface area contributed by atoms with E-state index < -0.39 is 14.4 Å². The maximum absolute atomic E-state index is 13.2. The fourth-order valence-electron chi connectivity index (χ4n) is 2.96. The van der Waals surface area contributed by atoms with E-state index in [1.807, 2.05) is 36.4 Å². The molecule has 0 saturated carbocycles. The van der Waals surface area contributed by atoms with Crippen LogP contribution < -0.4 is 0 Å². The lowest BCUT2D eigenvalue weighted by Crippen LogP contribution is -2.43. The highest BCUT2D eigenvalue weighted by atomic mass is 28.4. The van der Waals surface area contributed by atoms with Crippen LogP contribution in [0.5, 0.6) is 0 Å². The molecule has 0 bridgehead atoms. The molecule has 3 heteroatoms. The standard InChI is InChI=1S/C26H36O2Si/c1-7-8-12-21-15-17-22(18-16-21)19-20-24(27)25(23-13-10-9-11-14-23)28-29(5,6)26(2,3)4/h7,9-11,13-18,25H,1,8,12,19-20H2,2-6H3. The van der Waals surface area contributed by atoms with Crippen molar-refractivity contribution in [3.63, 3.8) is 0 Å². The number of allylic oxidation sites excluding steroid dienone is 1. The van der Waals surface area contributed by atoms with E-state index >= 15 is 0 Å².